The maximum absolute atomic E-state index is 12.2. The number of rotatable bonds is 4. The summed E-state index contributed by atoms with van der Waals surface area (Å²) in [6.07, 6.45) is 0.830. The first-order chi connectivity index (χ1) is 9.15. The van der Waals surface area contributed by atoms with Gasteiger partial charge in [-0.3, -0.25) is 14.4 Å². The first-order valence-electron chi connectivity index (χ1n) is 6.44. The molecular weight excluding hydrogens is 244 g/mol. The van der Waals surface area contributed by atoms with Gasteiger partial charge < -0.3 is 4.74 Å². The van der Waals surface area contributed by atoms with Crippen molar-refractivity contribution in [2.75, 3.05) is 6.61 Å². The zero-order valence-corrected chi connectivity index (χ0v) is 10.8. The van der Waals surface area contributed by atoms with E-state index in [1.807, 2.05) is 6.07 Å². The molecule has 4 heteroatoms. The van der Waals surface area contributed by atoms with Gasteiger partial charge in [0.1, 0.15) is 5.92 Å². The Hall–Kier alpha value is -1.97. The molecule has 0 radical (unpaired) electrons. The number of benzene rings is 1. The monoisotopic (exact) mass is 260 g/mol. The second-order valence-electron chi connectivity index (χ2n) is 4.57. The van der Waals surface area contributed by atoms with Crippen LogP contribution in [0.15, 0.2) is 30.3 Å². The molecule has 0 heterocycles. The molecule has 1 aliphatic carbocycles. The van der Waals surface area contributed by atoms with Crippen LogP contribution in [0.5, 0.6) is 0 Å². The normalized spacial score (nSPS) is 22.3. The van der Waals surface area contributed by atoms with Gasteiger partial charge in [0.25, 0.3) is 0 Å². The summed E-state index contributed by atoms with van der Waals surface area (Å²) in [5.74, 6) is -2.46. The second-order valence-corrected chi connectivity index (χ2v) is 4.57. The summed E-state index contributed by atoms with van der Waals surface area (Å²) < 4.78 is 4.86. The van der Waals surface area contributed by atoms with Crippen molar-refractivity contribution in [3.63, 3.8) is 0 Å². The van der Waals surface area contributed by atoms with Crippen LogP contribution in [-0.4, -0.2) is 24.1 Å². The first-order valence-corrected chi connectivity index (χ1v) is 6.44. The Balaban J connectivity index is 2.10. The van der Waals surface area contributed by atoms with Crippen LogP contribution in [0.4, 0.5) is 0 Å². The third kappa shape index (κ3) is 2.72. The summed E-state index contributed by atoms with van der Waals surface area (Å²) >= 11 is 0. The van der Waals surface area contributed by atoms with Crippen LogP contribution in [0.25, 0.3) is 0 Å². The van der Waals surface area contributed by atoms with Gasteiger partial charge in [0.15, 0.2) is 11.6 Å². The lowest BCUT2D eigenvalue weighted by Gasteiger charge is -2.09. The van der Waals surface area contributed by atoms with Crippen molar-refractivity contribution in [2.45, 2.75) is 19.8 Å². The van der Waals surface area contributed by atoms with Crippen molar-refractivity contribution in [1.82, 2.24) is 0 Å². The fraction of sp³-hybridized carbons (Fsp3) is 0.400. The average molecular weight is 260 g/mol. The highest BCUT2D eigenvalue weighted by Gasteiger charge is 2.43. The van der Waals surface area contributed by atoms with Crippen LogP contribution in [0, 0.1) is 11.8 Å². The number of Topliss-reactive ketones (excluding diaryl/α,β-unsaturated/α-hetero) is 2. The molecule has 1 aromatic carbocycles. The minimum absolute atomic E-state index is 0.197. The summed E-state index contributed by atoms with van der Waals surface area (Å²) in [6.45, 7) is 1.95. The summed E-state index contributed by atoms with van der Waals surface area (Å²) in [6, 6.07) is 8.71. The zero-order valence-electron chi connectivity index (χ0n) is 10.8. The van der Waals surface area contributed by atoms with E-state index in [1.54, 1.807) is 31.2 Å². The van der Waals surface area contributed by atoms with Gasteiger partial charge in [-0.15, -0.1) is 0 Å². The lowest BCUT2D eigenvalue weighted by Crippen LogP contribution is -2.27. The molecule has 2 unspecified atom stereocenters. The molecule has 0 N–H and O–H groups in total. The van der Waals surface area contributed by atoms with Gasteiger partial charge in [-0.2, -0.15) is 0 Å². The highest BCUT2D eigenvalue weighted by Crippen LogP contribution is 2.30. The van der Waals surface area contributed by atoms with Crippen LogP contribution in [-0.2, 0) is 14.3 Å². The van der Waals surface area contributed by atoms with Crippen molar-refractivity contribution in [3.8, 4) is 0 Å². The Morgan fingerprint density at radius 1 is 1.16 bits per heavy atom. The predicted molar refractivity (Wildman–Crippen MR) is 68.6 cm³/mol. The number of ether oxygens (including phenoxy) is 1. The van der Waals surface area contributed by atoms with Crippen molar-refractivity contribution in [3.05, 3.63) is 35.9 Å². The predicted octanol–water partition coefficient (Wildman–Crippen LogP) is 2.03. The van der Waals surface area contributed by atoms with Gasteiger partial charge in [0.2, 0.25) is 0 Å². The quantitative estimate of drug-likeness (QED) is 0.472. The van der Waals surface area contributed by atoms with Crippen LogP contribution >= 0.6 is 0 Å². The minimum Gasteiger partial charge on any atom is -0.465 e. The van der Waals surface area contributed by atoms with E-state index in [-0.39, 0.29) is 18.2 Å². The van der Waals surface area contributed by atoms with Gasteiger partial charge in [-0.25, -0.2) is 0 Å². The molecule has 1 aliphatic rings. The number of carbonyl (C=O) groups excluding carboxylic acids is 3. The molecule has 0 spiro atoms. The maximum atomic E-state index is 12.2. The number of carbonyl (C=O) groups is 3. The number of esters is 1. The number of ketones is 2. The Morgan fingerprint density at radius 3 is 2.42 bits per heavy atom. The average Bonchev–Trinajstić information content (AvgIpc) is 2.81. The summed E-state index contributed by atoms with van der Waals surface area (Å²) in [7, 11) is 0. The highest BCUT2D eigenvalue weighted by molar-refractivity contribution is 6.16. The lowest BCUT2D eigenvalue weighted by atomic mass is 9.94. The maximum Gasteiger partial charge on any atom is 0.316 e. The fourth-order valence-corrected chi connectivity index (χ4v) is 2.40. The molecule has 1 fully saturated rings. The molecule has 0 aromatic heterocycles. The van der Waals surface area contributed by atoms with Crippen LogP contribution in [0.2, 0.25) is 0 Å². The fourth-order valence-electron chi connectivity index (χ4n) is 2.40. The van der Waals surface area contributed by atoms with Gasteiger partial charge in [-0.1, -0.05) is 30.3 Å². The Labute approximate surface area is 111 Å². The van der Waals surface area contributed by atoms with E-state index in [0.717, 1.165) is 0 Å². The Kier molecular flexibility index (Phi) is 4.10. The molecule has 100 valence electrons. The Morgan fingerprint density at radius 2 is 1.79 bits per heavy atom. The third-order valence-electron chi connectivity index (χ3n) is 3.38. The van der Waals surface area contributed by atoms with E-state index in [4.69, 9.17) is 4.74 Å². The number of hydrogen-bond acceptors (Lipinski definition) is 4. The molecule has 19 heavy (non-hydrogen) atoms. The molecule has 0 amide bonds. The largest absolute Gasteiger partial charge is 0.465 e. The smallest absolute Gasteiger partial charge is 0.316 e. The highest BCUT2D eigenvalue weighted by atomic mass is 16.5. The molecule has 2 rings (SSSR count). The standard InChI is InChI=1S/C15H16O4/c1-2-19-15(18)12-9-8-11(14(12)17)13(16)10-6-4-3-5-7-10/h3-7,11-12H,2,8-9H2,1H3. The SMILES string of the molecule is CCOC(=O)C1CCC(C(=O)c2ccccc2)C1=O. The van der Waals surface area contributed by atoms with E-state index in [0.29, 0.717) is 18.4 Å². The van der Waals surface area contributed by atoms with E-state index in [9.17, 15) is 14.4 Å². The van der Waals surface area contributed by atoms with Crippen molar-refractivity contribution in [1.29, 1.82) is 0 Å². The lowest BCUT2D eigenvalue weighted by molar-refractivity contribution is -0.150. The van der Waals surface area contributed by atoms with E-state index in [2.05, 4.69) is 0 Å². The molecule has 4 nitrogen and oxygen atoms in total. The van der Waals surface area contributed by atoms with E-state index < -0.39 is 17.8 Å². The van der Waals surface area contributed by atoms with Crippen molar-refractivity contribution < 1.29 is 19.1 Å². The number of hydrogen-bond donors (Lipinski definition) is 0. The molecule has 0 aliphatic heterocycles. The summed E-state index contributed by atoms with van der Waals surface area (Å²) in [5, 5.41) is 0. The Bertz CT molecular complexity index is 492. The molecular formula is C15H16O4. The molecule has 2 atom stereocenters. The van der Waals surface area contributed by atoms with Gasteiger partial charge in [-0.05, 0) is 19.8 Å². The van der Waals surface area contributed by atoms with Gasteiger partial charge >= 0.3 is 5.97 Å². The first kappa shape index (κ1) is 13.5. The van der Waals surface area contributed by atoms with Crippen molar-refractivity contribution >= 4 is 17.5 Å². The molecule has 0 bridgehead atoms. The van der Waals surface area contributed by atoms with E-state index in [1.165, 1.54) is 0 Å². The second kappa shape index (κ2) is 5.78. The van der Waals surface area contributed by atoms with Crippen LogP contribution < -0.4 is 0 Å². The summed E-state index contributed by atoms with van der Waals surface area (Å²) in [5.41, 5.74) is 0.519. The molecule has 1 aromatic rings. The summed E-state index contributed by atoms with van der Waals surface area (Å²) in [4.78, 5) is 35.9. The van der Waals surface area contributed by atoms with Gasteiger partial charge in [0, 0.05) is 5.56 Å². The minimum atomic E-state index is -0.766. The molecule has 0 saturated heterocycles. The van der Waals surface area contributed by atoms with Crippen LogP contribution in [0.1, 0.15) is 30.1 Å². The zero-order chi connectivity index (χ0) is 13.8. The van der Waals surface area contributed by atoms with Crippen LogP contribution in [0.3, 0.4) is 0 Å². The molecule has 1 saturated carbocycles. The third-order valence-corrected chi connectivity index (χ3v) is 3.38. The van der Waals surface area contributed by atoms with Crippen molar-refractivity contribution in [2.24, 2.45) is 11.8 Å². The van der Waals surface area contributed by atoms with E-state index >= 15 is 0 Å². The topological polar surface area (TPSA) is 60.4 Å². The van der Waals surface area contributed by atoms with Gasteiger partial charge in [0.05, 0.1) is 12.5 Å².